The van der Waals surface area contributed by atoms with Crippen LogP contribution in [0.15, 0.2) is 58.7 Å². The van der Waals surface area contributed by atoms with Gasteiger partial charge in [-0.15, -0.1) is 4.40 Å². The Kier molecular flexibility index (Phi) is 4.04. The second-order valence-corrected chi connectivity index (χ2v) is 8.05. The summed E-state index contributed by atoms with van der Waals surface area (Å²) in [5, 5.41) is 3.01. The molecule has 0 fully saturated rings. The van der Waals surface area contributed by atoms with Crippen LogP contribution in [0.4, 0.5) is 0 Å². The Bertz CT molecular complexity index is 852. The lowest BCUT2D eigenvalue weighted by Crippen LogP contribution is -2.43. The number of amidine groups is 1. The van der Waals surface area contributed by atoms with Gasteiger partial charge in [0, 0.05) is 12.7 Å². The first-order valence-electron chi connectivity index (χ1n) is 7.64. The standard InChI is InChI=1S/C17H19N3O3S/c1-17(2,14-6-4-3-5-7-14)18-16(21)13-8-9-15-19-24(22,23)11-10-20(15)12-13/h3-9,12H,10-11H2,1-2H3,(H,18,21). The topological polar surface area (TPSA) is 78.8 Å². The number of sulfonamides is 1. The molecule has 1 amide bonds. The van der Waals surface area contributed by atoms with E-state index in [4.69, 9.17) is 0 Å². The average molecular weight is 345 g/mol. The van der Waals surface area contributed by atoms with Crippen LogP contribution < -0.4 is 5.32 Å². The number of nitrogens with one attached hydrogen (secondary N) is 1. The van der Waals surface area contributed by atoms with Gasteiger partial charge >= 0.3 is 0 Å². The maximum atomic E-state index is 12.6. The molecule has 0 atom stereocenters. The molecule has 0 saturated carbocycles. The Morgan fingerprint density at radius 3 is 2.62 bits per heavy atom. The lowest BCUT2D eigenvalue weighted by Gasteiger charge is -2.30. The molecular formula is C17H19N3O3S. The number of hydrogen-bond donors (Lipinski definition) is 1. The van der Waals surface area contributed by atoms with Crippen LogP contribution in [0.25, 0.3) is 0 Å². The van der Waals surface area contributed by atoms with E-state index in [-0.39, 0.29) is 11.7 Å². The number of nitrogens with zero attached hydrogens (tertiary/aromatic N) is 2. The third-order valence-electron chi connectivity index (χ3n) is 4.01. The van der Waals surface area contributed by atoms with Crippen LogP contribution in [0.3, 0.4) is 0 Å². The van der Waals surface area contributed by atoms with E-state index in [1.807, 2.05) is 44.2 Å². The van der Waals surface area contributed by atoms with Crippen molar-refractivity contribution in [2.75, 3.05) is 12.3 Å². The number of fused-ring (bicyclic) bond motifs is 1. The molecule has 2 aliphatic heterocycles. The first-order chi connectivity index (χ1) is 11.3. The third-order valence-corrected chi connectivity index (χ3v) is 5.17. The molecule has 0 saturated heterocycles. The highest BCUT2D eigenvalue weighted by atomic mass is 32.2. The fourth-order valence-corrected chi connectivity index (χ4v) is 3.59. The molecule has 0 aromatic heterocycles. The van der Waals surface area contributed by atoms with E-state index in [1.165, 1.54) is 0 Å². The first-order valence-corrected chi connectivity index (χ1v) is 9.25. The lowest BCUT2D eigenvalue weighted by molar-refractivity contribution is -0.118. The zero-order valence-corrected chi connectivity index (χ0v) is 14.4. The normalized spacial score (nSPS) is 19.2. The Hall–Kier alpha value is -2.41. The minimum Gasteiger partial charge on any atom is -0.343 e. The lowest BCUT2D eigenvalue weighted by atomic mass is 9.94. The van der Waals surface area contributed by atoms with Gasteiger partial charge in [-0.2, -0.15) is 0 Å². The predicted molar refractivity (Wildman–Crippen MR) is 92.8 cm³/mol. The molecule has 1 aromatic rings. The molecule has 24 heavy (non-hydrogen) atoms. The van der Waals surface area contributed by atoms with E-state index in [9.17, 15) is 13.2 Å². The van der Waals surface area contributed by atoms with E-state index >= 15 is 0 Å². The summed E-state index contributed by atoms with van der Waals surface area (Å²) in [5.74, 6) is 0.0818. The van der Waals surface area contributed by atoms with Crippen LogP contribution in [-0.4, -0.2) is 37.4 Å². The quantitative estimate of drug-likeness (QED) is 0.901. The first kappa shape index (κ1) is 16.4. The summed E-state index contributed by atoms with van der Waals surface area (Å²) in [6.45, 7) is 4.17. The molecule has 0 unspecified atom stereocenters. The summed E-state index contributed by atoms with van der Waals surface area (Å²) < 4.78 is 26.7. The minimum atomic E-state index is -3.39. The zero-order chi connectivity index (χ0) is 17.4. The average Bonchev–Trinajstić information content (AvgIpc) is 2.54. The molecule has 1 aromatic carbocycles. The van der Waals surface area contributed by atoms with E-state index in [2.05, 4.69) is 9.71 Å². The summed E-state index contributed by atoms with van der Waals surface area (Å²) in [6.07, 6.45) is 4.79. The molecule has 0 bridgehead atoms. The number of hydrogen-bond acceptors (Lipinski definition) is 4. The summed E-state index contributed by atoms with van der Waals surface area (Å²) in [5.41, 5.74) is 0.953. The van der Waals surface area contributed by atoms with Gasteiger partial charge < -0.3 is 10.2 Å². The van der Waals surface area contributed by atoms with Crippen molar-refractivity contribution in [3.8, 4) is 0 Å². The maximum Gasteiger partial charge on any atom is 0.256 e. The van der Waals surface area contributed by atoms with Gasteiger partial charge in [-0.3, -0.25) is 4.79 Å². The maximum absolute atomic E-state index is 12.6. The minimum absolute atomic E-state index is 0.0503. The second-order valence-electron chi connectivity index (χ2n) is 6.29. The third kappa shape index (κ3) is 3.41. The fraction of sp³-hybridized carbons (Fsp3) is 0.294. The zero-order valence-electron chi connectivity index (χ0n) is 13.6. The van der Waals surface area contributed by atoms with Crippen molar-refractivity contribution in [2.45, 2.75) is 19.4 Å². The Morgan fingerprint density at radius 1 is 1.21 bits per heavy atom. The Labute approximate surface area is 141 Å². The largest absolute Gasteiger partial charge is 0.343 e. The van der Waals surface area contributed by atoms with E-state index in [1.54, 1.807) is 23.3 Å². The highest BCUT2D eigenvalue weighted by Gasteiger charge is 2.27. The fourth-order valence-electron chi connectivity index (χ4n) is 2.62. The molecular weight excluding hydrogens is 326 g/mol. The number of carbonyl (C=O) groups is 1. The molecule has 7 heteroatoms. The summed E-state index contributed by atoms with van der Waals surface area (Å²) >= 11 is 0. The number of benzene rings is 1. The molecule has 0 spiro atoms. The smallest absolute Gasteiger partial charge is 0.256 e. The van der Waals surface area contributed by atoms with E-state index < -0.39 is 15.6 Å². The van der Waals surface area contributed by atoms with Gasteiger partial charge in [-0.25, -0.2) is 8.42 Å². The van der Waals surface area contributed by atoms with Crippen molar-refractivity contribution in [3.05, 3.63) is 59.8 Å². The number of rotatable bonds is 3. The van der Waals surface area contributed by atoms with Crippen molar-refractivity contribution in [1.82, 2.24) is 10.2 Å². The van der Waals surface area contributed by atoms with Crippen LogP contribution in [0.2, 0.25) is 0 Å². The van der Waals surface area contributed by atoms with Gasteiger partial charge in [-0.1, -0.05) is 30.3 Å². The molecule has 3 rings (SSSR count). The van der Waals surface area contributed by atoms with Crippen LogP contribution in [-0.2, 0) is 20.4 Å². The van der Waals surface area contributed by atoms with Crippen molar-refractivity contribution >= 4 is 21.8 Å². The number of amides is 1. The summed E-state index contributed by atoms with van der Waals surface area (Å²) in [4.78, 5) is 14.3. The Morgan fingerprint density at radius 2 is 1.92 bits per heavy atom. The van der Waals surface area contributed by atoms with Gasteiger partial charge in [0.25, 0.3) is 15.9 Å². The van der Waals surface area contributed by atoms with Crippen LogP contribution in [0.1, 0.15) is 19.4 Å². The van der Waals surface area contributed by atoms with Crippen molar-refractivity contribution in [2.24, 2.45) is 4.40 Å². The summed E-state index contributed by atoms with van der Waals surface area (Å²) in [6, 6.07) is 9.72. The predicted octanol–water partition coefficient (Wildman–Crippen LogP) is 1.54. The van der Waals surface area contributed by atoms with E-state index in [0.29, 0.717) is 18.0 Å². The van der Waals surface area contributed by atoms with Gasteiger partial charge in [0.1, 0.15) is 5.84 Å². The second kappa shape index (κ2) is 5.90. The molecule has 1 N–H and O–H groups in total. The van der Waals surface area contributed by atoms with Gasteiger partial charge in [0.05, 0.1) is 16.9 Å². The van der Waals surface area contributed by atoms with Crippen molar-refractivity contribution in [1.29, 1.82) is 0 Å². The van der Waals surface area contributed by atoms with Gasteiger partial charge in [0.15, 0.2) is 0 Å². The monoisotopic (exact) mass is 345 g/mol. The summed E-state index contributed by atoms with van der Waals surface area (Å²) in [7, 11) is -3.39. The van der Waals surface area contributed by atoms with Crippen molar-refractivity contribution < 1.29 is 13.2 Å². The van der Waals surface area contributed by atoms with Gasteiger partial charge in [-0.05, 0) is 31.6 Å². The Balaban J connectivity index is 1.78. The molecule has 0 radical (unpaired) electrons. The highest BCUT2D eigenvalue weighted by molar-refractivity contribution is 7.90. The molecule has 2 heterocycles. The number of carbonyl (C=O) groups excluding carboxylic acids is 1. The van der Waals surface area contributed by atoms with Crippen LogP contribution >= 0.6 is 0 Å². The molecule has 126 valence electrons. The van der Waals surface area contributed by atoms with E-state index in [0.717, 1.165) is 5.56 Å². The molecule has 6 nitrogen and oxygen atoms in total. The van der Waals surface area contributed by atoms with Crippen LogP contribution in [0.5, 0.6) is 0 Å². The van der Waals surface area contributed by atoms with Crippen molar-refractivity contribution in [3.63, 3.8) is 0 Å². The van der Waals surface area contributed by atoms with Gasteiger partial charge in [0.2, 0.25) is 0 Å². The van der Waals surface area contributed by atoms with Crippen LogP contribution in [0, 0.1) is 0 Å². The molecule has 0 aliphatic carbocycles. The SMILES string of the molecule is CC(C)(NC(=O)C1=CN2CCS(=O)(=O)N=C2C=C1)c1ccccc1. The highest BCUT2D eigenvalue weighted by Crippen LogP contribution is 2.21. The molecule has 2 aliphatic rings.